The first-order valence-electron chi connectivity index (χ1n) is 10.8. The molecule has 1 aliphatic rings. The Morgan fingerprint density at radius 3 is 2.53 bits per heavy atom. The van der Waals surface area contributed by atoms with Crippen molar-refractivity contribution in [1.29, 1.82) is 0 Å². The highest BCUT2D eigenvalue weighted by Crippen LogP contribution is 2.34. The summed E-state index contributed by atoms with van der Waals surface area (Å²) in [4.78, 5) is 14.8. The van der Waals surface area contributed by atoms with Gasteiger partial charge in [0.05, 0.1) is 11.3 Å². The molecule has 0 unspecified atom stereocenters. The van der Waals surface area contributed by atoms with Crippen molar-refractivity contribution in [3.05, 3.63) is 71.8 Å². The van der Waals surface area contributed by atoms with Crippen LogP contribution in [0.1, 0.15) is 18.1 Å². The van der Waals surface area contributed by atoms with Gasteiger partial charge in [-0.1, -0.05) is 60.3 Å². The Labute approximate surface area is 190 Å². The molecule has 0 atom stereocenters. The Bertz CT molecular complexity index is 1300. The molecule has 0 fully saturated rings. The molecule has 162 valence electrons. The van der Waals surface area contributed by atoms with Crippen LogP contribution < -0.4 is 0 Å². The van der Waals surface area contributed by atoms with Crippen molar-refractivity contribution in [2.24, 2.45) is 0 Å². The number of thioether (sulfide) groups is 1. The first kappa shape index (κ1) is 20.6. The molecule has 0 saturated heterocycles. The lowest BCUT2D eigenvalue weighted by Gasteiger charge is -2.28. The van der Waals surface area contributed by atoms with Crippen molar-refractivity contribution < 1.29 is 9.90 Å². The highest BCUT2D eigenvalue weighted by molar-refractivity contribution is 7.99. The number of aromatic nitrogens is 3. The van der Waals surface area contributed by atoms with E-state index in [1.807, 2.05) is 52.8 Å². The van der Waals surface area contributed by atoms with Crippen molar-refractivity contribution in [2.45, 2.75) is 31.6 Å². The molecular formula is C25H24N4O2S. The summed E-state index contributed by atoms with van der Waals surface area (Å²) in [5.41, 5.74) is 3.20. The third-order valence-electron chi connectivity index (χ3n) is 5.95. The molecule has 3 aromatic carbocycles. The quantitative estimate of drug-likeness (QED) is 0.459. The van der Waals surface area contributed by atoms with E-state index in [9.17, 15) is 9.90 Å². The third kappa shape index (κ3) is 3.84. The Kier molecular flexibility index (Phi) is 5.57. The zero-order valence-corrected chi connectivity index (χ0v) is 18.7. The average molecular weight is 445 g/mol. The first-order valence-corrected chi connectivity index (χ1v) is 11.8. The zero-order chi connectivity index (χ0) is 22.1. The van der Waals surface area contributed by atoms with Crippen LogP contribution in [0.4, 0.5) is 0 Å². The van der Waals surface area contributed by atoms with E-state index < -0.39 is 0 Å². The normalized spacial score (nSPS) is 13.3. The summed E-state index contributed by atoms with van der Waals surface area (Å²) in [5.74, 6) is 1.19. The van der Waals surface area contributed by atoms with Gasteiger partial charge in [-0.15, -0.1) is 10.2 Å². The monoisotopic (exact) mass is 444 g/mol. The van der Waals surface area contributed by atoms with E-state index in [0.717, 1.165) is 23.7 Å². The number of carbonyl (C=O) groups is 1. The fourth-order valence-electron chi connectivity index (χ4n) is 4.21. The minimum Gasteiger partial charge on any atom is -0.507 e. The van der Waals surface area contributed by atoms with E-state index in [4.69, 9.17) is 0 Å². The molecular weight excluding hydrogens is 420 g/mol. The van der Waals surface area contributed by atoms with Crippen molar-refractivity contribution >= 4 is 28.4 Å². The molecule has 1 N–H and O–H groups in total. The summed E-state index contributed by atoms with van der Waals surface area (Å²) >= 11 is 1.40. The van der Waals surface area contributed by atoms with Gasteiger partial charge in [0.1, 0.15) is 5.75 Å². The predicted molar refractivity (Wildman–Crippen MR) is 127 cm³/mol. The van der Waals surface area contributed by atoms with E-state index in [1.54, 1.807) is 6.07 Å². The summed E-state index contributed by atoms with van der Waals surface area (Å²) < 4.78 is 1.95. The fourth-order valence-corrected chi connectivity index (χ4v) is 5.12. The van der Waals surface area contributed by atoms with Crippen LogP contribution in [0.2, 0.25) is 0 Å². The number of benzene rings is 3. The molecule has 32 heavy (non-hydrogen) atoms. The van der Waals surface area contributed by atoms with Crippen LogP contribution in [0.3, 0.4) is 0 Å². The third-order valence-corrected chi connectivity index (χ3v) is 6.90. The minimum absolute atomic E-state index is 0.102. The number of hydrogen-bond donors (Lipinski definition) is 1. The SMILES string of the molecule is CCn1c(SCC(=O)N2CCc3ccccc3C2)nnc1-c1cc2ccccc2cc1O. The number of aromatic hydroxyl groups is 1. The standard InChI is InChI=1S/C25H24N4O2S/c1-2-29-24(21-13-18-8-4-5-9-19(18)14-22(21)30)26-27-25(29)32-16-23(31)28-12-11-17-7-3-6-10-20(17)15-28/h3-10,13-14,30H,2,11-12,15-16H2,1H3. The second-order valence-electron chi connectivity index (χ2n) is 7.89. The van der Waals surface area contributed by atoms with Crippen LogP contribution in [0.25, 0.3) is 22.2 Å². The maximum absolute atomic E-state index is 12.9. The van der Waals surface area contributed by atoms with Crippen molar-refractivity contribution in [1.82, 2.24) is 19.7 Å². The summed E-state index contributed by atoms with van der Waals surface area (Å²) in [6.07, 6.45) is 0.892. The molecule has 0 saturated carbocycles. The van der Waals surface area contributed by atoms with Gasteiger partial charge in [0.15, 0.2) is 11.0 Å². The van der Waals surface area contributed by atoms with Crippen LogP contribution in [0.5, 0.6) is 5.75 Å². The van der Waals surface area contributed by atoms with Crippen molar-refractivity contribution in [2.75, 3.05) is 12.3 Å². The van der Waals surface area contributed by atoms with Gasteiger partial charge in [-0.25, -0.2) is 0 Å². The molecule has 5 rings (SSSR count). The Morgan fingerprint density at radius 1 is 1.03 bits per heavy atom. The fraction of sp³-hybridized carbons (Fsp3) is 0.240. The predicted octanol–water partition coefficient (Wildman–Crippen LogP) is 4.50. The number of amides is 1. The number of phenolic OH excluding ortho intramolecular Hbond substituents is 1. The molecule has 7 heteroatoms. The topological polar surface area (TPSA) is 71.2 Å². The number of rotatable bonds is 5. The van der Waals surface area contributed by atoms with Gasteiger partial charge < -0.3 is 14.6 Å². The molecule has 1 amide bonds. The molecule has 2 heterocycles. The number of phenols is 1. The van der Waals surface area contributed by atoms with Crippen LogP contribution in [0.15, 0.2) is 65.8 Å². The second kappa shape index (κ2) is 8.67. The minimum atomic E-state index is 0.102. The lowest BCUT2D eigenvalue weighted by atomic mass is 10.00. The number of hydrogen-bond acceptors (Lipinski definition) is 5. The molecule has 0 radical (unpaired) electrons. The van der Waals surface area contributed by atoms with Crippen molar-refractivity contribution in [3.63, 3.8) is 0 Å². The summed E-state index contributed by atoms with van der Waals surface area (Å²) in [6.45, 7) is 4.06. The van der Waals surface area contributed by atoms with Gasteiger partial charge >= 0.3 is 0 Å². The summed E-state index contributed by atoms with van der Waals surface area (Å²) in [5, 5.41) is 22.0. The Morgan fingerprint density at radius 2 is 1.75 bits per heavy atom. The zero-order valence-electron chi connectivity index (χ0n) is 17.9. The number of fused-ring (bicyclic) bond motifs is 2. The summed E-state index contributed by atoms with van der Waals surface area (Å²) in [6, 6.07) is 19.9. The van der Waals surface area contributed by atoms with Gasteiger partial charge in [-0.2, -0.15) is 0 Å². The lowest BCUT2D eigenvalue weighted by Crippen LogP contribution is -2.37. The highest BCUT2D eigenvalue weighted by Gasteiger charge is 2.22. The maximum atomic E-state index is 12.9. The van der Waals surface area contributed by atoms with Gasteiger partial charge in [0.2, 0.25) is 5.91 Å². The van der Waals surface area contributed by atoms with Gasteiger partial charge in [0.25, 0.3) is 0 Å². The van der Waals surface area contributed by atoms with E-state index >= 15 is 0 Å². The van der Waals surface area contributed by atoms with Crippen LogP contribution in [0, 0.1) is 0 Å². The molecule has 0 aliphatic carbocycles. The van der Waals surface area contributed by atoms with Crippen LogP contribution in [-0.4, -0.2) is 43.0 Å². The largest absolute Gasteiger partial charge is 0.507 e. The molecule has 4 aromatic rings. The molecule has 6 nitrogen and oxygen atoms in total. The molecule has 1 aromatic heterocycles. The number of carbonyl (C=O) groups excluding carboxylic acids is 1. The van der Waals surface area contributed by atoms with E-state index in [2.05, 4.69) is 28.4 Å². The van der Waals surface area contributed by atoms with Crippen LogP contribution >= 0.6 is 11.8 Å². The lowest BCUT2D eigenvalue weighted by molar-refractivity contribution is -0.129. The summed E-state index contributed by atoms with van der Waals surface area (Å²) in [7, 11) is 0. The Hall–Kier alpha value is -3.32. The van der Waals surface area contributed by atoms with Gasteiger partial charge in [0, 0.05) is 19.6 Å². The maximum Gasteiger partial charge on any atom is 0.233 e. The van der Waals surface area contributed by atoms with Gasteiger partial charge in [-0.3, -0.25) is 4.79 Å². The van der Waals surface area contributed by atoms with Crippen molar-refractivity contribution in [3.8, 4) is 17.1 Å². The van der Waals surface area contributed by atoms with E-state index in [1.165, 1.54) is 22.9 Å². The smallest absolute Gasteiger partial charge is 0.233 e. The molecule has 0 bridgehead atoms. The Balaban J connectivity index is 1.34. The average Bonchev–Trinajstić information content (AvgIpc) is 3.24. The molecule has 1 aliphatic heterocycles. The number of nitrogens with zero attached hydrogens (tertiary/aromatic N) is 4. The van der Waals surface area contributed by atoms with E-state index in [-0.39, 0.29) is 11.7 Å². The highest BCUT2D eigenvalue weighted by atomic mass is 32.2. The van der Waals surface area contributed by atoms with Gasteiger partial charge in [-0.05, 0) is 47.4 Å². The second-order valence-corrected chi connectivity index (χ2v) is 8.83. The van der Waals surface area contributed by atoms with E-state index in [0.29, 0.717) is 35.4 Å². The van der Waals surface area contributed by atoms with Crippen LogP contribution in [-0.2, 0) is 24.3 Å². The molecule has 0 spiro atoms. The first-order chi connectivity index (χ1) is 15.6.